The topological polar surface area (TPSA) is 210 Å². The number of fused-ring (bicyclic) bond motifs is 1. The molecule has 4 aromatic rings. The molecule has 1 saturated carbocycles. The number of H-pyrrole nitrogens is 2. The number of aliphatic carboxylic acids is 1. The second-order valence-electron chi connectivity index (χ2n) is 14.2. The number of hydrogen-bond donors (Lipinski definition) is 5. The van der Waals surface area contributed by atoms with E-state index in [1.165, 1.54) is 4.90 Å². The number of alkyl carbamates (subject to hydrolysis) is 1. The van der Waals surface area contributed by atoms with Gasteiger partial charge < -0.3 is 25.6 Å². The molecule has 6 N–H and O–H groups in total. The summed E-state index contributed by atoms with van der Waals surface area (Å²) in [5, 5.41) is 15.8. The minimum atomic E-state index is -5.08. The maximum absolute atomic E-state index is 14.4. The highest BCUT2D eigenvalue weighted by molar-refractivity contribution is 6.03. The number of hydrogen-bond acceptors (Lipinski definition) is 8. The number of anilines is 1. The van der Waals surface area contributed by atoms with Gasteiger partial charge in [-0.05, 0) is 94.7 Å². The van der Waals surface area contributed by atoms with E-state index in [2.05, 4.69) is 20.5 Å². The molecule has 3 amide bonds. The first-order valence-electron chi connectivity index (χ1n) is 17.5. The van der Waals surface area contributed by atoms with E-state index in [1.807, 2.05) is 64.1 Å². The van der Waals surface area contributed by atoms with Gasteiger partial charge in [0.2, 0.25) is 17.7 Å². The number of rotatable bonds is 10. The number of primary amides is 1. The van der Waals surface area contributed by atoms with Crippen molar-refractivity contribution < 1.29 is 46.9 Å². The Morgan fingerprint density at radius 1 is 1.00 bits per heavy atom. The van der Waals surface area contributed by atoms with Crippen molar-refractivity contribution in [2.75, 3.05) is 18.6 Å². The number of aryl methyl sites for hydroxylation is 1. The highest BCUT2D eigenvalue weighted by Gasteiger charge is 2.38. The van der Waals surface area contributed by atoms with Crippen LogP contribution in [-0.4, -0.2) is 75.6 Å². The van der Waals surface area contributed by atoms with E-state index in [1.54, 1.807) is 25.3 Å². The highest BCUT2D eigenvalue weighted by atomic mass is 19.4. The highest BCUT2D eigenvalue weighted by Crippen LogP contribution is 2.33. The van der Waals surface area contributed by atoms with Gasteiger partial charge in [-0.15, -0.1) is 0 Å². The summed E-state index contributed by atoms with van der Waals surface area (Å²) in [6.45, 7) is 7.82. The summed E-state index contributed by atoms with van der Waals surface area (Å²) in [5.74, 6) is -3.21. The lowest BCUT2D eigenvalue weighted by molar-refractivity contribution is -0.192. The van der Waals surface area contributed by atoms with Crippen molar-refractivity contribution in [2.24, 2.45) is 17.6 Å². The molecule has 0 bridgehead atoms. The lowest BCUT2D eigenvalue weighted by atomic mass is 9.81. The first-order chi connectivity index (χ1) is 25.8. The van der Waals surface area contributed by atoms with Crippen LogP contribution in [0.2, 0.25) is 0 Å². The number of nitrogens with zero attached hydrogens (tertiary/aromatic N) is 2. The van der Waals surface area contributed by atoms with E-state index < -0.39 is 35.8 Å². The number of ether oxygens (including phenoxy) is 2. The minimum absolute atomic E-state index is 0.193. The van der Waals surface area contributed by atoms with Crippen LogP contribution in [0.1, 0.15) is 57.7 Å². The number of carboxylic acids is 1. The third-order valence-corrected chi connectivity index (χ3v) is 9.05. The monoisotopic (exact) mass is 770 g/mol. The molecule has 1 aliphatic carbocycles. The van der Waals surface area contributed by atoms with Crippen LogP contribution in [0.5, 0.6) is 5.88 Å². The molecule has 2 aromatic carbocycles. The van der Waals surface area contributed by atoms with Gasteiger partial charge in [0.15, 0.2) is 0 Å². The Morgan fingerprint density at radius 2 is 1.64 bits per heavy atom. The van der Waals surface area contributed by atoms with E-state index >= 15 is 0 Å². The average Bonchev–Trinajstić information content (AvgIpc) is 3.49. The standard InChI is InChI=1S/C36H44N6O6.C2HF3O2/c1-21-27(16-17-31(39-21)47-5)24-10-6-22(7-11-24)18-30(32(37)43)42(26-14-15-28-29(19-26)40-41-33(28)44)34(45)25-12-8-23(9-13-25)20-38-35(46)48-36(2,3)4;3-2(4,5)1(6)7/h6-7,10-11,14-17,19,23,25,30H,8-9,12-13,18,20H2,1-5H3,(H2,37,43)(H,38,46)(H2,40,41,44);(H,6,7)/t23-,25-,30-;/m0./s1. The lowest BCUT2D eigenvalue weighted by Gasteiger charge is -2.36. The van der Waals surface area contributed by atoms with Crippen LogP contribution in [0, 0.1) is 18.8 Å². The first-order valence-corrected chi connectivity index (χ1v) is 17.5. The third-order valence-electron chi connectivity index (χ3n) is 9.05. The van der Waals surface area contributed by atoms with E-state index in [-0.39, 0.29) is 29.7 Å². The summed E-state index contributed by atoms with van der Waals surface area (Å²) in [6, 6.07) is 15.5. The molecular formula is C38H45F3N6O8. The minimum Gasteiger partial charge on any atom is -0.481 e. The average molecular weight is 771 g/mol. The van der Waals surface area contributed by atoms with Gasteiger partial charge >= 0.3 is 18.2 Å². The molecule has 0 unspecified atom stereocenters. The van der Waals surface area contributed by atoms with Gasteiger partial charge in [-0.25, -0.2) is 14.6 Å². The first kappa shape index (κ1) is 41.9. The summed E-state index contributed by atoms with van der Waals surface area (Å²) >= 11 is 0. The smallest absolute Gasteiger partial charge is 0.481 e. The van der Waals surface area contributed by atoms with E-state index in [0.717, 1.165) is 35.2 Å². The molecule has 2 heterocycles. The number of aromatic amines is 2. The van der Waals surface area contributed by atoms with Crippen molar-refractivity contribution in [3.63, 3.8) is 0 Å². The number of benzene rings is 2. The van der Waals surface area contributed by atoms with Crippen molar-refractivity contribution in [1.29, 1.82) is 0 Å². The number of aromatic nitrogens is 3. The van der Waals surface area contributed by atoms with E-state index in [9.17, 15) is 32.3 Å². The van der Waals surface area contributed by atoms with Gasteiger partial charge in [-0.2, -0.15) is 13.2 Å². The molecule has 0 radical (unpaired) electrons. The van der Waals surface area contributed by atoms with Gasteiger partial charge in [-0.1, -0.05) is 24.3 Å². The summed E-state index contributed by atoms with van der Waals surface area (Å²) in [7, 11) is 1.58. The number of pyridine rings is 1. The zero-order chi connectivity index (χ0) is 40.7. The van der Waals surface area contributed by atoms with Crippen molar-refractivity contribution >= 4 is 40.5 Å². The Bertz CT molecular complexity index is 2050. The van der Waals surface area contributed by atoms with Gasteiger partial charge in [0.25, 0.3) is 5.56 Å². The Labute approximate surface area is 314 Å². The van der Waals surface area contributed by atoms with Gasteiger partial charge in [0, 0.05) is 41.9 Å². The Morgan fingerprint density at radius 3 is 2.18 bits per heavy atom. The molecule has 1 aliphatic rings. The largest absolute Gasteiger partial charge is 0.490 e. The molecule has 0 aliphatic heterocycles. The Kier molecular flexibility index (Phi) is 13.3. The van der Waals surface area contributed by atoms with Crippen LogP contribution in [0.15, 0.2) is 59.4 Å². The second kappa shape index (κ2) is 17.5. The number of carbonyl (C=O) groups excluding carboxylic acids is 3. The number of carbonyl (C=O) groups is 4. The lowest BCUT2D eigenvalue weighted by Crippen LogP contribution is -2.52. The number of halogens is 3. The SMILES string of the molecule is COc1ccc(-c2ccc(C[C@@H](C(N)=O)N(c3ccc4c(=O)[nH][nH]c4c3)C(=O)[C@H]3CC[C@H](CNC(=O)OC(C)(C)C)CC3)cc2)c(C)n1.O=C(O)C(F)(F)F. The predicted octanol–water partition coefficient (Wildman–Crippen LogP) is 5.63. The van der Waals surface area contributed by atoms with Gasteiger partial charge in [0.1, 0.15) is 11.6 Å². The second-order valence-corrected chi connectivity index (χ2v) is 14.2. The molecule has 296 valence electrons. The fraction of sp³-hybridized carbons (Fsp3) is 0.421. The summed E-state index contributed by atoms with van der Waals surface area (Å²) in [5.41, 5.74) is 9.72. The molecule has 1 fully saturated rings. The number of amides is 3. The Balaban J connectivity index is 0.000000876. The van der Waals surface area contributed by atoms with Crippen LogP contribution < -0.4 is 26.2 Å². The van der Waals surface area contributed by atoms with Gasteiger partial charge in [-0.3, -0.25) is 29.5 Å². The fourth-order valence-electron chi connectivity index (χ4n) is 6.31. The van der Waals surface area contributed by atoms with Crippen LogP contribution in [0.3, 0.4) is 0 Å². The molecule has 2 aromatic heterocycles. The summed E-state index contributed by atoms with van der Waals surface area (Å²) < 4.78 is 42.3. The van der Waals surface area contributed by atoms with Crippen molar-refractivity contribution in [2.45, 2.75) is 77.6 Å². The van der Waals surface area contributed by atoms with Crippen LogP contribution in [0.4, 0.5) is 23.7 Å². The molecule has 14 nitrogen and oxygen atoms in total. The normalized spacial score (nSPS) is 16.3. The maximum Gasteiger partial charge on any atom is 0.490 e. The van der Waals surface area contributed by atoms with Crippen molar-refractivity contribution in [1.82, 2.24) is 20.5 Å². The summed E-state index contributed by atoms with van der Waals surface area (Å²) in [4.78, 5) is 66.8. The number of methoxy groups -OCH3 is 1. The fourth-order valence-corrected chi connectivity index (χ4v) is 6.31. The van der Waals surface area contributed by atoms with E-state index in [0.29, 0.717) is 41.9 Å². The molecule has 0 spiro atoms. The van der Waals surface area contributed by atoms with Crippen LogP contribution in [0.25, 0.3) is 22.0 Å². The van der Waals surface area contributed by atoms with E-state index in [4.69, 9.17) is 25.1 Å². The zero-order valence-corrected chi connectivity index (χ0v) is 31.1. The van der Waals surface area contributed by atoms with Crippen molar-refractivity contribution in [3.05, 3.63) is 76.2 Å². The molecule has 0 saturated heterocycles. The third kappa shape index (κ3) is 11.3. The Hall–Kier alpha value is -5.87. The maximum atomic E-state index is 14.4. The van der Waals surface area contributed by atoms with Crippen LogP contribution in [-0.2, 0) is 25.5 Å². The number of nitrogens with two attached hydrogens (primary N) is 1. The summed E-state index contributed by atoms with van der Waals surface area (Å²) in [6.07, 6.45) is -2.71. The molecule has 1 atom stereocenters. The quantitative estimate of drug-likeness (QED) is 0.135. The molecule has 55 heavy (non-hydrogen) atoms. The van der Waals surface area contributed by atoms with Crippen LogP contribution >= 0.6 is 0 Å². The predicted molar refractivity (Wildman–Crippen MR) is 197 cm³/mol. The number of alkyl halides is 3. The molecule has 17 heteroatoms. The number of nitrogens with one attached hydrogen (secondary N) is 3. The van der Waals surface area contributed by atoms with Gasteiger partial charge in [0.05, 0.1) is 18.0 Å². The van der Waals surface area contributed by atoms with Crippen molar-refractivity contribution in [3.8, 4) is 17.0 Å². The zero-order valence-electron chi connectivity index (χ0n) is 31.1. The number of carboxylic acid groups (broad SMARTS) is 1. The molecule has 5 rings (SSSR count). The molecular weight excluding hydrogens is 725 g/mol.